The third-order valence-corrected chi connectivity index (χ3v) is 4.60. The average molecular weight is 330 g/mol. The quantitative estimate of drug-likeness (QED) is 0.614. The molecule has 1 aromatic carbocycles. The Labute approximate surface area is 141 Å². The molecule has 0 spiro atoms. The molecule has 1 aliphatic carbocycles. The first-order valence-electron chi connectivity index (χ1n) is 8.46. The second kappa shape index (κ2) is 7.03. The van der Waals surface area contributed by atoms with E-state index < -0.39 is 17.8 Å². The molecule has 4 amide bonds. The Hall–Kier alpha value is -2.37. The fourth-order valence-electron chi connectivity index (χ4n) is 3.34. The standard InChI is InChI=1S/C18H22N2O4/c1-13-6-5-9-15(12-13)24-11-10-19-16(21)17(22)20(18(19)23)14-7-3-2-4-8-14/h5-6,9,12,14H,2-4,7-8,10-11H2,1H3. The van der Waals surface area contributed by atoms with Crippen LogP contribution < -0.4 is 4.74 Å². The smallest absolute Gasteiger partial charge is 0.334 e. The third-order valence-electron chi connectivity index (χ3n) is 4.60. The van der Waals surface area contributed by atoms with Crippen molar-refractivity contribution in [3.05, 3.63) is 29.8 Å². The molecule has 3 rings (SSSR count). The Balaban J connectivity index is 1.60. The predicted octanol–water partition coefficient (Wildman–Crippen LogP) is 2.50. The van der Waals surface area contributed by atoms with Gasteiger partial charge in [-0.15, -0.1) is 0 Å². The third kappa shape index (κ3) is 3.27. The number of urea groups is 1. The highest BCUT2D eigenvalue weighted by Crippen LogP contribution is 2.26. The van der Waals surface area contributed by atoms with E-state index in [1.807, 2.05) is 31.2 Å². The Bertz CT molecular complexity index is 652. The number of aryl methyl sites for hydroxylation is 1. The Morgan fingerprint density at radius 3 is 2.54 bits per heavy atom. The molecule has 24 heavy (non-hydrogen) atoms. The van der Waals surface area contributed by atoms with Crippen LogP contribution in [0.2, 0.25) is 0 Å². The molecule has 0 bridgehead atoms. The molecule has 1 aromatic rings. The van der Waals surface area contributed by atoms with Gasteiger partial charge in [0.05, 0.1) is 6.54 Å². The zero-order valence-electron chi connectivity index (χ0n) is 13.9. The van der Waals surface area contributed by atoms with E-state index in [4.69, 9.17) is 4.74 Å². The van der Waals surface area contributed by atoms with Gasteiger partial charge in [-0.05, 0) is 37.5 Å². The van der Waals surface area contributed by atoms with Crippen LogP contribution in [0.15, 0.2) is 24.3 Å². The first-order chi connectivity index (χ1) is 11.6. The fraction of sp³-hybridized carbons (Fsp3) is 0.500. The molecule has 2 fully saturated rings. The van der Waals surface area contributed by atoms with Gasteiger partial charge in [0, 0.05) is 6.04 Å². The first-order valence-corrected chi connectivity index (χ1v) is 8.46. The molecule has 0 aromatic heterocycles. The van der Waals surface area contributed by atoms with Crippen LogP contribution in [-0.2, 0) is 9.59 Å². The molecule has 1 heterocycles. The van der Waals surface area contributed by atoms with Crippen LogP contribution in [0, 0.1) is 6.92 Å². The lowest BCUT2D eigenvalue weighted by Crippen LogP contribution is -2.42. The molecular weight excluding hydrogens is 308 g/mol. The topological polar surface area (TPSA) is 66.9 Å². The summed E-state index contributed by atoms with van der Waals surface area (Å²) >= 11 is 0. The molecule has 0 unspecified atom stereocenters. The van der Waals surface area contributed by atoms with Crippen molar-refractivity contribution in [2.75, 3.05) is 13.2 Å². The van der Waals surface area contributed by atoms with Gasteiger partial charge >= 0.3 is 17.8 Å². The van der Waals surface area contributed by atoms with Crippen LogP contribution in [0.3, 0.4) is 0 Å². The Morgan fingerprint density at radius 2 is 1.83 bits per heavy atom. The summed E-state index contributed by atoms with van der Waals surface area (Å²) < 4.78 is 5.59. The van der Waals surface area contributed by atoms with Crippen LogP contribution in [0.5, 0.6) is 5.75 Å². The van der Waals surface area contributed by atoms with Gasteiger partial charge in [-0.2, -0.15) is 0 Å². The van der Waals surface area contributed by atoms with E-state index in [0.29, 0.717) is 5.75 Å². The number of rotatable bonds is 5. The van der Waals surface area contributed by atoms with Crippen molar-refractivity contribution >= 4 is 17.8 Å². The number of carbonyl (C=O) groups excluding carboxylic acids is 3. The van der Waals surface area contributed by atoms with Crippen molar-refractivity contribution in [1.82, 2.24) is 9.80 Å². The molecule has 6 nitrogen and oxygen atoms in total. The first kappa shape index (κ1) is 16.5. The van der Waals surface area contributed by atoms with Gasteiger partial charge in [-0.25, -0.2) is 4.79 Å². The molecule has 1 saturated carbocycles. The van der Waals surface area contributed by atoms with E-state index in [9.17, 15) is 14.4 Å². The minimum Gasteiger partial charge on any atom is -0.492 e. The van der Waals surface area contributed by atoms with Gasteiger partial charge in [0.2, 0.25) is 0 Å². The molecule has 0 atom stereocenters. The average Bonchev–Trinajstić information content (AvgIpc) is 2.79. The van der Waals surface area contributed by atoms with E-state index in [2.05, 4.69) is 0 Å². The lowest BCUT2D eigenvalue weighted by molar-refractivity contribution is -0.144. The Kier molecular flexibility index (Phi) is 4.83. The predicted molar refractivity (Wildman–Crippen MR) is 87.5 cm³/mol. The maximum atomic E-state index is 12.5. The fourth-order valence-corrected chi connectivity index (χ4v) is 3.34. The van der Waals surface area contributed by atoms with Crippen molar-refractivity contribution < 1.29 is 19.1 Å². The minimum atomic E-state index is -0.738. The highest BCUT2D eigenvalue weighted by molar-refractivity contribution is 6.44. The van der Waals surface area contributed by atoms with Crippen LogP contribution >= 0.6 is 0 Å². The summed E-state index contributed by atoms with van der Waals surface area (Å²) in [7, 11) is 0. The second-order valence-electron chi connectivity index (χ2n) is 6.37. The molecule has 0 radical (unpaired) electrons. The highest BCUT2D eigenvalue weighted by atomic mass is 16.5. The molecule has 128 valence electrons. The normalized spacial score (nSPS) is 19.3. The minimum absolute atomic E-state index is 0.0839. The van der Waals surface area contributed by atoms with E-state index >= 15 is 0 Å². The van der Waals surface area contributed by atoms with Crippen molar-refractivity contribution in [2.24, 2.45) is 0 Å². The second-order valence-corrected chi connectivity index (χ2v) is 6.37. The largest absolute Gasteiger partial charge is 0.492 e. The number of amides is 4. The lowest BCUT2D eigenvalue weighted by Gasteiger charge is -2.28. The summed E-state index contributed by atoms with van der Waals surface area (Å²) in [6.45, 7) is 2.22. The SMILES string of the molecule is Cc1cccc(OCCN2C(=O)C(=O)N(C3CCCCC3)C2=O)c1. The van der Waals surface area contributed by atoms with E-state index in [-0.39, 0.29) is 19.2 Å². The number of ether oxygens (including phenoxy) is 1. The van der Waals surface area contributed by atoms with Gasteiger partial charge in [0.15, 0.2) is 0 Å². The van der Waals surface area contributed by atoms with Gasteiger partial charge in [-0.1, -0.05) is 31.4 Å². The van der Waals surface area contributed by atoms with E-state index in [0.717, 1.165) is 47.5 Å². The van der Waals surface area contributed by atoms with E-state index in [1.54, 1.807) is 0 Å². The molecule has 0 N–H and O–H groups in total. The van der Waals surface area contributed by atoms with Gasteiger partial charge in [0.1, 0.15) is 12.4 Å². The number of nitrogens with zero attached hydrogens (tertiary/aromatic N) is 2. The van der Waals surface area contributed by atoms with Crippen molar-refractivity contribution in [2.45, 2.75) is 45.1 Å². The number of imide groups is 2. The van der Waals surface area contributed by atoms with Crippen LogP contribution in [0.25, 0.3) is 0 Å². The van der Waals surface area contributed by atoms with Gasteiger partial charge in [0.25, 0.3) is 0 Å². The van der Waals surface area contributed by atoms with Crippen LogP contribution in [0.1, 0.15) is 37.7 Å². The van der Waals surface area contributed by atoms with Gasteiger partial charge < -0.3 is 4.74 Å². The zero-order chi connectivity index (χ0) is 17.1. The maximum absolute atomic E-state index is 12.5. The maximum Gasteiger partial charge on any atom is 0.334 e. The molecular formula is C18H22N2O4. The number of hydrogen-bond donors (Lipinski definition) is 0. The summed E-state index contributed by atoms with van der Waals surface area (Å²) in [5.41, 5.74) is 1.07. The molecule has 6 heteroatoms. The van der Waals surface area contributed by atoms with Crippen LogP contribution in [0.4, 0.5) is 4.79 Å². The van der Waals surface area contributed by atoms with Crippen molar-refractivity contribution in [3.63, 3.8) is 0 Å². The van der Waals surface area contributed by atoms with Crippen molar-refractivity contribution in [3.8, 4) is 5.75 Å². The van der Waals surface area contributed by atoms with Crippen molar-refractivity contribution in [1.29, 1.82) is 0 Å². The molecule has 2 aliphatic rings. The summed E-state index contributed by atoms with van der Waals surface area (Å²) in [5.74, 6) is -0.745. The molecule has 1 aliphatic heterocycles. The number of carbonyl (C=O) groups is 3. The summed E-state index contributed by atoms with van der Waals surface area (Å²) in [5, 5.41) is 0. The summed E-state index contributed by atoms with van der Waals surface area (Å²) in [4.78, 5) is 38.9. The monoisotopic (exact) mass is 330 g/mol. The lowest BCUT2D eigenvalue weighted by atomic mass is 9.94. The highest BCUT2D eigenvalue weighted by Gasteiger charge is 2.47. The zero-order valence-corrected chi connectivity index (χ0v) is 13.9. The van der Waals surface area contributed by atoms with Crippen LogP contribution in [-0.4, -0.2) is 46.8 Å². The van der Waals surface area contributed by atoms with E-state index in [1.165, 1.54) is 0 Å². The Morgan fingerprint density at radius 1 is 1.08 bits per heavy atom. The summed E-state index contributed by atoms with van der Waals surface area (Å²) in [6, 6.07) is 6.91. The number of benzene rings is 1. The summed E-state index contributed by atoms with van der Waals surface area (Å²) in [6.07, 6.45) is 4.68. The van der Waals surface area contributed by atoms with Gasteiger partial charge in [-0.3, -0.25) is 19.4 Å². The molecule has 1 saturated heterocycles. The number of hydrogen-bond acceptors (Lipinski definition) is 4.